The van der Waals surface area contributed by atoms with Crippen LogP contribution < -0.4 is 0 Å². The van der Waals surface area contributed by atoms with Crippen molar-refractivity contribution >= 4 is 18.2 Å². The zero-order chi connectivity index (χ0) is 16.3. The van der Waals surface area contributed by atoms with Crippen molar-refractivity contribution in [2.45, 2.75) is 25.8 Å². The minimum Gasteiger partial charge on any atom is -0.298 e. The molecule has 1 atom stereocenters. The van der Waals surface area contributed by atoms with E-state index in [0.29, 0.717) is 6.54 Å². The Kier molecular flexibility index (Phi) is 6.92. The van der Waals surface area contributed by atoms with Crippen molar-refractivity contribution in [3.63, 3.8) is 0 Å². The fourth-order valence-electron chi connectivity index (χ4n) is 2.18. The lowest BCUT2D eigenvalue weighted by Crippen LogP contribution is -2.15. The van der Waals surface area contributed by atoms with E-state index in [4.69, 9.17) is 0 Å². The summed E-state index contributed by atoms with van der Waals surface area (Å²) < 4.78 is 0. The van der Waals surface area contributed by atoms with Crippen LogP contribution >= 0.6 is 0 Å². The fraction of sp³-hybridized carbons (Fsp3) is 0.250. The predicted octanol–water partition coefficient (Wildman–Crippen LogP) is 3.96. The van der Waals surface area contributed by atoms with Crippen LogP contribution in [-0.4, -0.2) is 30.8 Å². The Morgan fingerprint density at radius 1 is 0.957 bits per heavy atom. The average molecular weight is 306 g/mol. The molecule has 0 fully saturated rings. The zero-order valence-electron chi connectivity index (χ0n) is 13.4. The van der Waals surface area contributed by atoms with Gasteiger partial charge in [-0.15, -0.1) is 0 Å². The van der Waals surface area contributed by atoms with E-state index in [1.165, 1.54) is 0 Å². The first-order valence-corrected chi connectivity index (χ1v) is 7.89. The van der Waals surface area contributed by atoms with Crippen molar-refractivity contribution in [1.82, 2.24) is 0 Å². The molecule has 0 heterocycles. The molecule has 0 saturated carbocycles. The average Bonchev–Trinajstić information content (AvgIpc) is 2.59. The van der Waals surface area contributed by atoms with E-state index in [1.807, 2.05) is 66.9 Å². The molecule has 0 aliphatic carbocycles. The summed E-state index contributed by atoms with van der Waals surface area (Å²) in [6.07, 6.45) is 5.22. The maximum Gasteiger partial charge on any atom is 0.154 e. The molecule has 2 aromatic carbocycles. The molecular formula is C20H22N2O. The van der Waals surface area contributed by atoms with Gasteiger partial charge in [-0.1, -0.05) is 60.7 Å². The first-order valence-electron chi connectivity index (χ1n) is 7.89. The summed E-state index contributed by atoms with van der Waals surface area (Å²) in [5, 5.41) is 0. The van der Waals surface area contributed by atoms with Gasteiger partial charge >= 0.3 is 0 Å². The molecule has 23 heavy (non-hydrogen) atoms. The number of aliphatic imine (C=N–C) groups is 2. The van der Waals surface area contributed by atoms with Gasteiger partial charge in [-0.2, -0.15) is 0 Å². The van der Waals surface area contributed by atoms with E-state index in [-0.39, 0.29) is 11.8 Å². The molecule has 0 N–H and O–H groups in total. The molecule has 0 aromatic heterocycles. The molecule has 3 heteroatoms. The summed E-state index contributed by atoms with van der Waals surface area (Å²) >= 11 is 0. The second kappa shape index (κ2) is 9.46. The largest absolute Gasteiger partial charge is 0.298 e. The Bertz CT molecular complexity index is 648. The van der Waals surface area contributed by atoms with E-state index < -0.39 is 0 Å². The minimum atomic E-state index is -0.276. The fourth-order valence-corrected chi connectivity index (χ4v) is 2.18. The van der Waals surface area contributed by atoms with Crippen LogP contribution in [0.25, 0.3) is 0 Å². The highest BCUT2D eigenvalue weighted by molar-refractivity contribution is 5.86. The van der Waals surface area contributed by atoms with Crippen molar-refractivity contribution in [1.29, 1.82) is 0 Å². The predicted molar refractivity (Wildman–Crippen MR) is 96.6 cm³/mol. The highest BCUT2D eigenvalue weighted by Crippen LogP contribution is 2.05. The molecule has 2 rings (SSSR count). The van der Waals surface area contributed by atoms with Gasteiger partial charge in [0.25, 0.3) is 0 Å². The number of Topliss-reactive ketones (excluding diaryl/α,β-unsaturated/α-hetero) is 1. The molecular weight excluding hydrogens is 284 g/mol. The Balaban J connectivity index is 1.80. The Morgan fingerprint density at radius 2 is 1.52 bits per heavy atom. The van der Waals surface area contributed by atoms with Crippen LogP contribution in [0.5, 0.6) is 0 Å². The number of benzene rings is 2. The van der Waals surface area contributed by atoms with Crippen LogP contribution in [-0.2, 0) is 4.79 Å². The molecule has 0 bridgehead atoms. The van der Waals surface area contributed by atoms with Crippen molar-refractivity contribution in [3.8, 4) is 0 Å². The lowest BCUT2D eigenvalue weighted by Gasteiger charge is -2.07. The second-order valence-electron chi connectivity index (χ2n) is 5.40. The third kappa shape index (κ3) is 6.39. The van der Waals surface area contributed by atoms with E-state index in [1.54, 1.807) is 13.1 Å². The van der Waals surface area contributed by atoms with Gasteiger partial charge in [-0.3, -0.25) is 14.8 Å². The second-order valence-corrected chi connectivity index (χ2v) is 5.40. The lowest BCUT2D eigenvalue weighted by atomic mass is 10.1. The zero-order valence-corrected chi connectivity index (χ0v) is 13.4. The van der Waals surface area contributed by atoms with Crippen LogP contribution in [0.1, 0.15) is 30.9 Å². The van der Waals surface area contributed by atoms with E-state index in [2.05, 4.69) is 9.98 Å². The van der Waals surface area contributed by atoms with Gasteiger partial charge in [0.15, 0.2) is 5.78 Å². The topological polar surface area (TPSA) is 41.8 Å². The maximum atomic E-state index is 11.7. The summed E-state index contributed by atoms with van der Waals surface area (Å²) in [5.41, 5.74) is 2.11. The van der Waals surface area contributed by atoms with Crippen LogP contribution in [0.15, 0.2) is 70.6 Å². The number of hydrogen-bond donors (Lipinski definition) is 0. The molecule has 1 unspecified atom stereocenters. The lowest BCUT2D eigenvalue weighted by molar-refractivity contribution is -0.118. The van der Waals surface area contributed by atoms with Crippen LogP contribution in [0.3, 0.4) is 0 Å². The van der Waals surface area contributed by atoms with Gasteiger partial charge in [0, 0.05) is 19.0 Å². The number of carbonyl (C=O) groups excluding carboxylic acids is 1. The van der Waals surface area contributed by atoms with Crippen LogP contribution in [0.2, 0.25) is 0 Å². The first kappa shape index (κ1) is 16.8. The number of carbonyl (C=O) groups is 1. The van der Waals surface area contributed by atoms with Crippen molar-refractivity contribution in [2.75, 3.05) is 6.54 Å². The third-order valence-corrected chi connectivity index (χ3v) is 3.48. The number of nitrogens with zero attached hydrogens (tertiary/aromatic N) is 2. The molecule has 0 radical (unpaired) electrons. The summed E-state index contributed by atoms with van der Waals surface area (Å²) in [6, 6.07) is 19.6. The summed E-state index contributed by atoms with van der Waals surface area (Å²) in [7, 11) is 0. The Labute approximate surface area is 137 Å². The normalized spacial score (nSPS) is 12.7. The number of ketones is 1. The van der Waals surface area contributed by atoms with Crippen LogP contribution in [0, 0.1) is 0 Å². The summed E-state index contributed by atoms with van der Waals surface area (Å²) in [4.78, 5) is 20.5. The van der Waals surface area contributed by atoms with Gasteiger partial charge in [-0.05, 0) is 30.9 Å². The van der Waals surface area contributed by atoms with E-state index >= 15 is 0 Å². The quantitative estimate of drug-likeness (QED) is 0.537. The maximum absolute atomic E-state index is 11.7. The number of rotatable bonds is 8. The van der Waals surface area contributed by atoms with Gasteiger partial charge in [0.2, 0.25) is 0 Å². The molecule has 0 aliphatic heterocycles. The molecule has 118 valence electrons. The van der Waals surface area contributed by atoms with Gasteiger partial charge in [0.1, 0.15) is 6.04 Å². The van der Waals surface area contributed by atoms with E-state index in [0.717, 1.165) is 24.0 Å². The molecule has 0 aliphatic rings. The summed E-state index contributed by atoms with van der Waals surface area (Å²) in [5.74, 6) is 0.101. The van der Waals surface area contributed by atoms with Gasteiger partial charge in [0.05, 0.1) is 0 Å². The van der Waals surface area contributed by atoms with Crippen molar-refractivity contribution < 1.29 is 4.79 Å². The van der Waals surface area contributed by atoms with Crippen molar-refractivity contribution in [2.24, 2.45) is 9.98 Å². The number of hydrogen-bond acceptors (Lipinski definition) is 3. The van der Waals surface area contributed by atoms with Crippen LogP contribution in [0.4, 0.5) is 0 Å². The SMILES string of the molecule is CC(=O)C(CCCN=Cc1ccccc1)N=Cc1ccccc1. The smallest absolute Gasteiger partial charge is 0.154 e. The van der Waals surface area contributed by atoms with Crippen molar-refractivity contribution in [3.05, 3.63) is 71.8 Å². The third-order valence-electron chi connectivity index (χ3n) is 3.48. The molecule has 0 amide bonds. The Hall–Kier alpha value is -2.55. The molecule has 0 spiro atoms. The summed E-state index contributed by atoms with van der Waals surface area (Å²) in [6.45, 7) is 2.31. The van der Waals surface area contributed by atoms with Gasteiger partial charge in [-0.25, -0.2) is 0 Å². The molecule has 0 saturated heterocycles. The highest BCUT2D eigenvalue weighted by Gasteiger charge is 2.10. The monoisotopic (exact) mass is 306 g/mol. The molecule has 2 aromatic rings. The van der Waals surface area contributed by atoms with E-state index in [9.17, 15) is 4.79 Å². The van der Waals surface area contributed by atoms with Gasteiger partial charge < -0.3 is 0 Å². The molecule has 3 nitrogen and oxygen atoms in total. The standard InChI is InChI=1S/C20H22N2O/c1-17(23)20(22-16-19-11-6-3-7-12-19)13-8-14-21-15-18-9-4-2-5-10-18/h2-7,9-12,15-16,20H,8,13-14H2,1H3. The minimum absolute atomic E-state index is 0.101. The first-order chi connectivity index (χ1) is 11.3. The highest BCUT2D eigenvalue weighted by atomic mass is 16.1. The Morgan fingerprint density at radius 3 is 2.09 bits per heavy atom.